The van der Waals surface area contributed by atoms with Crippen LogP contribution in [-0.4, -0.2) is 24.6 Å². The zero-order chi connectivity index (χ0) is 15.8. The van der Waals surface area contributed by atoms with Crippen molar-refractivity contribution >= 4 is 28.4 Å². The van der Waals surface area contributed by atoms with Gasteiger partial charge in [-0.1, -0.05) is 18.2 Å². The van der Waals surface area contributed by atoms with Crippen LogP contribution in [-0.2, 0) is 4.74 Å². The molecular formula is C17H15N3O3. The summed E-state index contributed by atoms with van der Waals surface area (Å²) in [5.74, 6) is 0.119. The first-order valence-corrected chi connectivity index (χ1v) is 7.33. The number of para-hydroxylation sites is 3. The van der Waals surface area contributed by atoms with Gasteiger partial charge >= 0.3 is 5.97 Å². The number of benzene rings is 2. The quantitative estimate of drug-likeness (QED) is 0.708. The molecule has 3 aromatic rings. The van der Waals surface area contributed by atoms with Crippen molar-refractivity contribution in [3.63, 3.8) is 0 Å². The molecule has 2 heterocycles. The van der Waals surface area contributed by atoms with Gasteiger partial charge in [0.05, 0.1) is 24.0 Å². The summed E-state index contributed by atoms with van der Waals surface area (Å²) in [5, 5.41) is 6.75. The Bertz CT molecular complexity index is 888. The van der Waals surface area contributed by atoms with Crippen molar-refractivity contribution in [2.45, 2.75) is 6.04 Å². The molecule has 0 amide bonds. The Morgan fingerprint density at radius 3 is 2.87 bits per heavy atom. The fraction of sp³-hybridized carbons (Fsp3) is 0.176. The Morgan fingerprint density at radius 1 is 1.22 bits per heavy atom. The second-order valence-corrected chi connectivity index (χ2v) is 5.32. The number of anilines is 2. The maximum atomic E-state index is 11.8. The molecule has 0 bridgehead atoms. The summed E-state index contributed by atoms with van der Waals surface area (Å²) < 4.78 is 10.6. The van der Waals surface area contributed by atoms with Crippen molar-refractivity contribution in [2.24, 2.45) is 0 Å². The van der Waals surface area contributed by atoms with Gasteiger partial charge in [-0.3, -0.25) is 0 Å². The molecule has 0 spiro atoms. The van der Waals surface area contributed by atoms with Crippen LogP contribution in [0.25, 0.3) is 11.1 Å². The first kappa shape index (κ1) is 13.6. The molecule has 116 valence electrons. The standard InChI is InChI=1S/C17H15N3O3/c1-22-17(21)10-5-4-8-14-15(10)20-16(23-14)13-9-18-11-6-2-3-7-12(11)19-13/h2-8,13,18-19H,9H2,1H3. The molecule has 0 aliphatic carbocycles. The van der Waals surface area contributed by atoms with E-state index in [4.69, 9.17) is 9.15 Å². The number of ether oxygens (including phenoxy) is 1. The molecule has 2 N–H and O–H groups in total. The smallest absolute Gasteiger partial charge is 0.340 e. The summed E-state index contributed by atoms with van der Waals surface area (Å²) in [6.45, 7) is 0.650. The monoisotopic (exact) mass is 309 g/mol. The highest BCUT2D eigenvalue weighted by Crippen LogP contribution is 2.32. The number of oxazole rings is 1. The Morgan fingerprint density at radius 2 is 2.04 bits per heavy atom. The summed E-state index contributed by atoms with van der Waals surface area (Å²) in [6, 6.07) is 13.1. The lowest BCUT2D eigenvalue weighted by Crippen LogP contribution is -2.25. The number of hydrogen-bond acceptors (Lipinski definition) is 6. The second kappa shape index (κ2) is 5.31. The van der Waals surface area contributed by atoms with Crippen molar-refractivity contribution in [1.29, 1.82) is 0 Å². The number of nitrogens with one attached hydrogen (secondary N) is 2. The van der Waals surface area contributed by atoms with Crippen LogP contribution in [0.1, 0.15) is 22.3 Å². The minimum absolute atomic E-state index is 0.109. The minimum Gasteiger partial charge on any atom is -0.465 e. The van der Waals surface area contributed by atoms with E-state index in [-0.39, 0.29) is 6.04 Å². The number of nitrogens with zero attached hydrogens (tertiary/aromatic N) is 1. The number of carbonyl (C=O) groups is 1. The molecule has 4 rings (SSSR count). The van der Waals surface area contributed by atoms with Gasteiger partial charge in [-0.15, -0.1) is 0 Å². The van der Waals surface area contributed by atoms with Gasteiger partial charge in [0, 0.05) is 6.54 Å². The van der Waals surface area contributed by atoms with Crippen molar-refractivity contribution in [2.75, 3.05) is 24.3 Å². The van der Waals surface area contributed by atoms with E-state index in [0.717, 1.165) is 11.4 Å². The predicted molar refractivity (Wildman–Crippen MR) is 86.6 cm³/mol. The third-order valence-corrected chi connectivity index (χ3v) is 3.89. The molecule has 6 nitrogen and oxygen atoms in total. The van der Waals surface area contributed by atoms with E-state index in [1.807, 2.05) is 24.3 Å². The summed E-state index contributed by atoms with van der Waals surface area (Å²) in [4.78, 5) is 16.4. The number of hydrogen-bond donors (Lipinski definition) is 2. The highest BCUT2D eigenvalue weighted by atomic mass is 16.5. The molecule has 1 aromatic heterocycles. The molecule has 2 aromatic carbocycles. The zero-order valence-corrected chi connectivity index (χ0v) is 12.5. The summed E-state index contributed by atoms with van der Waals surface area (Å²) in [5.41, 5.74) is 3.55. The third kappa shape index (κ3) is 2.28. The molecular weight excluding hydrogens is 294 g/mol. The van der Waals surface area contributed by atoms with Gasteiger partial charge in [0.2, 0.25) is 5.89 Å². The normalized spacial score (nSPS) is 16.3. The average molecular weight is 309 g/mol. The van der Waals surface area contributed by atoms with Crippen molar-refractivity contribution in [1.82, 2.24) is 4.98 Å². The van der Waals surface area contributed by atoms with Crippen LogP contribution in [0, 0.1) is 0 Å². The maximum absolute atomic E-state index is 11.8. The SMILES string of the molecule is COC(=O)c1cccc2oc(C3CNc4ccccc4N3)nc12. The van der Waals surface area contributed by atoms with Crippen LogP contribution < -0.4 is 10.6 Å². The number of methoxy groups -OCH3 is 1. The third-order valence-electron chi connectivity index (χ3n) is 3.89. The fourth-order valence-corrected chi connectivity index (χ4v) is 2.75. The van der Waals surface area contributed by atoms with Gasteiger partial charge < -0.3 is 19.8 Å². The molecule has 0 saturated heterocycles. The Balaban J connectivity index is 1.72. The van der Waals surface area contributed by atoms with E-state index < -0.39 is 5.97 Å². The van der Waals surface area contributed by atoms with Gasteiger partial charge in [-0.25, -0.2) is 9.78 Å². The van der Waals surface area contributed by atoms with Gasteiger partial charge in [0.15, 0.2) is 5.58 Å². The van der Waals surface area contributed by atoms with E-state index in [1.54, 1.807) is 18.2 Å². The van der Waals surface area contributed by atoms with Crippen LogP contribution in [0.3, 0.4) is 0 Å². The summed E-state index contributed by atoms with van der Waals surface area (Å²) in [7, 11) is 1.35. The summed E-state index contributed by atoms with van der Waals surface area (Å²) in [6.07, 6.45) is 0. The first-order chi connectivity index (χ1) is 11.3. The highest BCUT2D eigenvalue weighted by molar-refractivity contribution is 6.01. The van der Waals surface area contributed by atoms with Gasteiger partial charge in [0.25, 0.3) is 0 Å². The van der Waals surface area contributed by atoms with E-state index in [0.29, 0.717) is 29.1 Å². The van der Waals surface area contributed by atoms with Crippen molar-refractivity contribution in [3.05, 3.63) is 53.9 Å². The average Bonchev–Trinajstić information content (AvgIpc) is 3.04. The summed E-state index contributed by atoms with van der Waals surface area (Å²) >= 11 is 0. The lowest BCUT2D eigenvalue weighted by atomic mass is 10.1. The van der Waals surface area contributed by atoms with Crippen molar-refractivity contribution in [3.8, 4) is 0 Å². The first-order valence-electron chi connectivity index (χ1n) is 7.33. The molecule has 0 saturated carbocycles. The molecule has 0 radical (unpaired) electrons. The van der Waals surface area contributed by atoms with E-state index in [1.165, 1.54) is 7.11 Å². The van der Waals surface area contributed by atoms with Gasteiger partial charge in [-0.2, -0.15) is 0 Å². The topological polar surface area (TPSA) is 76.4 Å². The zero-order valence-electron chi connectivity index (χ0n) is 12.5. The van der Waals surface area contributed by atoms with Crippen LogP contribution in [0.4, 0.5) is 11.4 Å². The Kier molecular flexibility index (Phi) is 3.15. The number of fused-ring (bicyclic) bond motifs is 2. The lowest BCUT2D eigenvalue weighted by Gasteiger charge is -2.26. The van der Waals surface area contributed by atoms with E-state index in [9.17, 15) is 4.79 Å². The Labute approximate surface area is 132 Å². The largest absolute Gasteiger partial charge is 0.465 e. The van der Waals surface area contributed by atoms with Crippen LogP contribution >= 0.6 is 0 Å². The van der Waals surface area contributed by atoms with Crippen molar-refractivity contribution < 1.29 is 13.9 Å². The molecule has 23 heavy (non-hydrogen) atoms. The van der Waals surface area contributed by atoms with Gasteiger partial charge in [-0.05, 0) is 24.3 Å². The lowest BCUT2D eigenvalue weighted by molar-refractivity contribution is 0.0602. The molecule has 1 aliphatic rings. The highest BCUT2D eigenvalue weighted by Gasteiger charge is 2.24. The number of esters is 1. The fourth-order valence-electron chi connectivity index (χ4n) is 2.75. The van der Waals surface area contributed by atoms with Gasteiger partial charge in [0.1, 0.15) is 11.6 Å². The van der Waals surface area contributed by atoms with E-state index in [2.05, 4.69) is 15.6 Å². The van der Waals surface area contributed by atoms with Crippen LogP contribution in [0.5, 0.6) is 0 Å². The minimum atomic E-state index is -0.421. The molecule has 1 unspecified atom stereocenters. The predicted octanol–water partition coefficient (Wildman–Crippen LogP) is 3.19. The number of rotatable bonds is 2. The molecule has 1 atom stereocenters. The number of aromatic nitrogens is 1. The maximum Gasteiger partial charge on any atom is 0.340 e. The molecule has 0 fully saturated rings. The Hall–Kier alpha value is -3.02. The van der Waals surface area contributed by atoms with Crippen LogP contribution in [0.2, 0.25) is 0 Å². The second-order valence-electron chi connectivity index (χ2n) is 5.32. The molecule has 6 heteroatoms. The number of carbonyl (C=O) groups excluding carboxylic acids is 1. The van der Waals surface area contributed by atoms with Crippen LogP contribution in [0.15, 0.2) is 46.9 Å². The van der Waals surface area contributed by atoms with E-state index >= 15 is 0 Å². The molecule has 1 aliphatic heterocycles.